The fraction of sp³-hybridized carbons (Fsp3) is 0.625. The summed E-state index contributed by atoms with van der Waals surface area (Å²) in [6.45, 7) is 4.06. The second-order valence-electron chi connectivity index (χ2n) is 2.86. The molecule has 0 spiro atoms. The van der Waals surface area contributed by atoms with Gasteiger partial charge >= 0.3 is 0 Å². The number of nitrogens with zero attached hydrogens (tertiary/aromatic N) is 1. The van der Waals surface area contributed by atoms with Gasteiger partial charge in [-0.05, 0) is 26.7 Å². The maximum atomic E-state index is 5.63. The standard InChI is InChI=1S/C8H14N2S/c1-6(9)3-4-8-5-10-7(2)11-8/h5-6H,3-4,9H2,1-2H3. The van der Waals surface area contributed by atoms with Gasteiger partial charge in [0.15, 0.2) is 0 Å². The molecule has 0 aromatic carbocycles. The molecule has 1 atom stereocenters. The first-order valence-corrected chi connectivity index (χ1v) is 4.67. The van der Waals surface area contributed by atoms with Crippen LogP contribution < -0.4 is 5.73 Å². The average Bonchev–Trinajstić information content (AvgIpc) is 2.31. The van der Waals surface area contributed by atoms with Crippen molar-refractivity contribution < 1.29 is 0 Å². The number of rotatable bonds is 3. The molecule has 1 aromatic heterocycles. The van der Waals surface area contributed by atoms with Crippen molar-refractivity contribution in [2.75, 3.05) is 0 Å². The third kappa shape index (κ3) is 2.99. The fourth-order valence-electron chi connectivity index (χ4n) is 0.891. The van der Waals surface area contributed by atoms with E-state index in [2.05, 4.69) is 4.98 Å². The van der Waals surface area contributed by atoms with Crippen LogP contribution in [-0.4, -0.2) is 11.0 Å². The molecule has 11 heavy (non-hydrogen) atoms. The summed E-state index contributed by atoms with van der Waals surface area (Å²) in [5, 5.41) is 1.14. The van der Waals surface area contributed by atoms with Gasteiger partial charge in [-0.15, -0.1) is 11.3 Å². The van der Waals surface area contributed by atoms with E-state index in [0.29, 0.717) is 6.04 Å². The van der Waals surface area contributed by atoms with Crippen LogP contribution in [0, 0.1) is 6.92 Å². The van der Waals surface area contributed by atoms with E-state index >= 15 is 0 Å². The van der Waals surface area contributed by atoms with E-state index < -0.39 is 0 Å². The molecule has 0 fully saturated rings. The molecule has 2 N–H and O–H groups in total. The summed E-state index contributed by atoms with van der Waals surface area (Å²) in [6, 6.07) is 0.303. The molecule has 0 aliphatic rings. The van der Waals surface area contributed by atoms with Gasteiger partial charge in [0.25, 0.3) is 0 Å². The van der Waals surface area contributed by atoms with Crippen LogP contribution in [0.15, 0.2) is 6.20 Å². The first kappa shape index (κ1) is 8.68. The highest BCUT2D eigenvalue weighted by Gasteiger charge is 1.99. The molecule has 1 aromatic rings. The normalized spacial score (nSPS) is 13.4. The Bertz CT molecular complexity index is 218. The van der Waals surface area contributed by atoms with Gasteiger partial charge in [0.2, 0.25) is 0 Å². The van der Waals surface area contributed by atoms with Crippen molar-refractivity contribution in [1.82, 2.24) is 4.98 Å². The lowest BCUT2D eigenvalue weighted by Crippen LogP contribution is -2.14. The molecule has 1 rings (SSSR count). The molecule has 3 heteroatoms. The van der Waals surface area contributed by atoms with Crippen molar-refractivity contribution in [2.45, 2.75) is 32.7 Å². The first-order chi connectivity index (χ1) is 5.18. The van der Waals surface area contributed by atoms with Gasteiger partial charge in [-0.3, -0.25) is 0 Å². The Morgan fingerprint density at radius 1 is 1.73 bits per heavy atom. The molecule has 0 saturated carbocycles. The molecular formula is C8H14N2S. The molecule has 2 nitrogen and oxygen atoms in total. The largest absolute Gasteiger partial charge is 0.328 e. The number of aryl methyl sites for hydroxylation is 2. The molecule has 0 bridgehead atoms. The van der Waals surface area contributed by atoms with Crippen LogP contribution >= 0.6 is 11.3 Å². The summed E-state index contributed by atoms with van der Waals surface area (Å²) in [4.78, 5) is 5.52. The second kappa shape index (κ2) is 3.83. The molecule has 0 aliphatic heterocycles. The van der Waals surface area contributed by atoms with E-state index in [-0.39, 0.29) is 0 Å². The van der Waals surface area contributed by atoms with Crippen LogP contribution in [0.5, 0.6) is 0 Å². The van der Waals surface area contributed by atoms with Crippen LogP contribution in [0.4, 0.5) is 0 Å². The fourth-order valence-corrected chi connectivity index (χ4v) is 1.70. The summed E-state index contributed by atoms with van der Waals surface area (Å²) in [6.07, 6.45) is 4.08. The molecule has 62 valence electrons. The third-order valence-electron chi connectivity index (χ3n) is 1.52. The molecule has 1 unspecified atom stereocenters. The Kier molecular flexibility index (Phi) is 3.02. The van der Waals surface area contributed by atoms with E-state index in [9.17, 15) is 0 Å². The highest BCUT2D eigenvalue weighted by atomic mass is 32.1. The smallest absolute Gasteiger partial charge is 0.0896 e. The van der Waals surface area contributed by atoms with E-state index in [1.165, 1.54) is 4.88 Å². The van der Waals surface area contributed by atoms with Crippen molar-refractivity contribution in [3.63, 3.8) is 0 Å². The van der Waals surface area contributed by atoms with Crippen molar-refractivity contribution in [3.05, 3.63) is 16.1 Å². The number of nitrogens with two attached hydrogens (primary N) is 1. The van der Waals surface area contributed by atoms with Crippen molar-refractivity contribution in [1.29, 1.82) is 0 Å². The topological polar surface area (TPSA) is 38.9 Å². The molecule has 0 aliphatic carbocycles. The van der Waals surface area contributed by atoms with E-state index in [4.69, 9.17) is 5.73 Å². The Labute approximate surface area is 71.5 Å². The maximum Gasteiger partial charge on any atom is 0.0896 e. The quantitative estimate of drug-likeness (QED) is 0.750. The highest BCUT2D eigenvalue weighted by Crippen LogP contribution is 2.13. The van der Waals surface area contributed by atoms with E-state index in [1.807, 2.05) is 20.0 Å². The van der Waals surface area contributed by atoms with Crippen LogP contribution in [-0.2, 0) is 6.42 Å². The van der Waals surface area contributed by atoms with Gasteiger partial charge in [-0.2, -0.15) is 0 Å². The first-order valence-electron chi connectivity index (χ1n) is 3.85. The minimum atomic E-state index is 0.303. The predicted molar refractivity (Wildman–Crippen MR) is 48.8 cm³/mol. The lowest BCUT2D eigenvalue weighted by atomic mass is 10.2. The van der Waals surface area contributed by atoms with Gasteiger partial charge in [0, 0.05) is 17.1 Å². The Morgan fingerprint density at radius 2 is 2.45 bits per heavy atom. The molecule has 0 radical (unpaired) electrons. The number of aromatic nitrogens is 1. The lowest BCUT2D eigenvalue weighted by Gasteiger charge is -2.00. The number of thiazole rings is 1. The Hall–Kier alpha value is -0.410. The van der Waals surface area contributed by atoms with Crippen LogP contribution in [0.1, 0.15) is 23.2 Å². The minimum Gasteiger partial charge on any atom is -0.328 e. The molecule has 0 saturated heterocycles. The lowest BCUT2D eigenvalue weighted by molar-refractivity contribution is 0.670. The van der Waals surface area contributed by atoms with Crippen LogP contribution in [0.3, 0.4) is 0 Å². The Balaban J connectivity index is 2.39. The summed E-state index contributed by atoms with van der Waals surface area (Å²) >= 11 is 1.76. The average molecular weight is 170 g/mol. The monoisotopic (exact) mass is 170 g/mol. The van der Waals surface area contributed by atoms with E-state index in [1.54, 1.807) is 11.3 Å². The molecule has 0 amide bonds. The summed E-state index contributed by atoms with van der Waals surface area (Å²) in [5.41, 5.74) is 5.63. The van der Waals surface area contributed by atoms with Crippen LogP contribution in [0.2, 0.25) is 0 Å². The Morgan fingerprint density at radius 3 is 2.91 bits per heavy atom. The van der Waals surface area contributed by atoms with Gasteiger partial charge in [0.05, 0.1) is 5.01 Å². The SMILES string of the molecule is Cc1ncc(CCC(C)N)s1. The number of hydrogen-bond acceptors (Lipinski definition) is 3. The molecule has 1 heterocycles. The zero-order chi connectivity index (χ0) is 8.27. The van der Waals surface area contributed by atoms with Crippen LogP contribution in [0.25, 0.3) is 0 Å². The summed E-state index contributed by atoms with van der Waals surface area (Å²) in [7, 11) is 0. The van der Waals surface area contributed by atoms with Gasteiger partial charge in [-0.1, -0.05) is 0 Å². The van der Waals surface area contributed by atoms with E-state index in [0.717, 1.165) is 17.8 Å². The van der Waals surface area contributed by atoms with Crippen molar-refractivity contribution in [2.24, 2.45) is 5.73 Å². The van der Waals surface area contributed by atoms with Gasteiger partial charge < -0.3 is 5.73 Å². The highest BCUT2D eigenvalue weighted by molar-refractivity contribution is 7.11. The second-order valence-corrected chi connectivity index (χ2v) is 4.18. The minimum absolute atomic E-state index is 0.303. The van der Waals surface area contributed by atoms with Gasteiger partial charge in [-0.25, -0.2) is 4.98 Å². The van der Waals surface area contributed by atoms with Crippen molar-refractivity contribution >= 4 is 11.3 Å². The number of hydrogen-bond donors (Lipinski definition) is 1. The predicted octanol–water partition coefficient (Wildman–Crippen LogP) is 1.73. The third-order valence-corrected chi connectivity index (χ3v) is 2.49. The van der Waals surface area contributed by atoms with Crippen molar-refractivity contribution in [3.8, 4) is 0 Å². The summed E-state index contributed by atoms with van der Waals surface area (Å²) < 4.78 is 0. The zero-order valence-corrected chi connectivity index (χ0v) is 7.82. The molecular weight excluding hydrogens is 156 g/mol. The zero-order valence-electron chi connectivity index (χ0n) is 7.00. The van der Waals surface area contributed by atoms with Gasteiger partial charge in [0.1, 0.15) is 0 Å². The maximum absolute atomic E-state index is 5.63. The summed E-state index contributed by atoms with van der Waals surface area (Å²) in [5.74, 6) is 0.